The van der Waals surface area contributed by atoms with Crippen LogP contribution in [-0.4, -0.2) is 33.2 Å². The van der Waals surface area contributed by atoms with Gasteiger partial charge in [-0.25, -0.2) is 14.5 Å². The highest BCUT2D eigenvalue weighted by molar-refractivity contribution is 5.84. The van der Waals surface area contributed by atoms with E-state index in [4.69, 9.17) is 0 Å². The summed E-state index contributed by atoms with van der Waals surface area (Å²) in [6.07, 6.45) is 3.09. The largest absolute Gasteiger partial charge is 0.348 e. The fourth-order valence-electron chi connectivity index (χ4n) is 2.63. The van der Waals surface area contributed by atoms with Crippen LogP contribution < -0.4 is 16.0 Å². The molecule has 2 aromatic carbocycles. The van der Waals surface area contributed by atoms with E-state index in [9.17, 15) is 9.59 Å². The smallest absolute Gasteiger partial charge is 0.315 e. The first-order valence-electron chi connectivity index (χ1n) is 8.92. The molecule has 1 aromatic heterocycles. The van der Waals surface area contributed by atoms with Gasteiger partial charge in [0.15, 0.2) is 0 Å². The minimum Gasteiger partial charge on any atom is -0.348 e. The van der Waals surface area contributed by atoms with E-state index >= 15 is 0 Å². The Morgan fingerprint density at radius 3 is 2.46 bits per heavy atom. The molecule has 0 bridgehead atoms. The number of urea groups is 1. The lowest BCUT2D eigenvalue weighted by atomic mass is 10.1. The van der Waals surface area contributed by atoms with Crippen molar-refractivity contribution < 1.29 is 9.59 Å². The molecule has 144 valence electrons. The molecule has 0 radical (unpaired) electrons. The fourth-order valence-corrected chi connectivity index (χ4v) is 2.63. The van der Waals surface area contributed by atoms with Gasteiger partial charge >= 0.3 is 6.03 Å². The van der Waals surface area contributed by atoms with E-state index in [0.29, 0.717) is 6.54 Å². The highest BCUT2D eigenvalue weighted by Gasteiger charge is 2.11. The summed E-state index contributed by atoms with van der Waals surface area (Å²) in [5.41, 5.74) is 2.83. The van der Waals surface area contributed by atoms with Gasteiger partial charge in [0.05, 0.1) is 18.3 Å². The maximum atomic E-state index is 12.1. The molecule has 0 fully saturated rings. The second-order valence-electron chi connectivity index (χ2n) is 6.24. The van der Waals surface area contributed by atoms with Gasteiger partial charge in [0.25, 0.3) is 0 Å². The molecule has 0 aliphatic heterocycles. The first-order chi connectivity index (χ1) is 13.6. The molecule has 0 aliphatic carbocycles. The third-order valence-corrected chi connectivity index (χ3v) is 4.16. The maximum Gasteiger partial charge on any atom is 0.315 e. The molecule has 3 aromatic rings. The van der Waals surface area contributed by atoms with Gasteiger partial charge in [-0.1, -0.05) is 42.5 Å². The summed E-state index contributed by atoms with van der Waals surface area (Å²) in [5, 5.41) is 12.2. The van der Waals surface area contributed by atoms with Crippen molar-refractivity contribution in [3.63, 3.8) is 0 Å². The van der Waals surface area contributed by atoms with Gasteiger partial charge in [-0.15, -0.1) is 0 Å². The summed E-state index contributed by atoms with van der Waals surface area (Å²) in [6, 6.07) is 16.6. The van der Waals surface area contributed by atoms with Crippen LogP contribution in [0.25, 0.3) is 5.69 Å². The summed E-state index contributed by atoms with van der Waals surface area (Å²) in [6.45, 7) is 2.20. The zero-order valence-corrected chi connectivity index (χ0v) is 15.5. The summed E-state index contributed by atoms with van der Waals surface area (Å²) in [4.78, 5) is 27.8. The van der Waals surface area contributed by atoms with Crippen molar-refractivity contribution in [3.05, 3.63) is 78.4 Å². The monoisotopic (exact) mass is 378 g/mol. The van der Waals surface area contributed by atoms with Gasteiger partial charge in [-0.2, -0.15) is 5.10 Å². The topological polar surface area (TPSA) is 101 Å². The van der Waals surface area contributed by atoms with E-state index in [0.717, 1.165) is 16.8 Å². The van der Waals surface area contributed by atoms with E-state index in [-0.39, 0.29) is 24.5 Å². The molecule has 1 heterocycles. The van der Waals surface area contributed by atoms with Crippen LogP contribution in [0.3, 0.4) is 0 Å². The second-order valence-corrected chi connectivity index (χ2v) is 6.24. The molecule has 0 aliphatic rings. The Morgan fingerprint density at radius 1 is 1.04 bits per heavy atom. The molecule has 0 saturated heterocycles. The minimum atomic E-state index is -0.385. The van der Waals surface area contributed by atoms with Crippen LogP contribution in [0, 0.1) is 0 Å². The number of carbonyl (C=O) groups is 2. The first-order valence-corrected chi connectivity index (χ1v) is 8.92. The van der Waals surface area contributed by atoms with Crippen molar-refractivity contribution in [1.82, 2.24) is 30.7 Å². The molecule has 1 atom stereocenters. The molecule has 0 saturated carbocycles. The number of rotatable bonds is 7. The normalized spacial score (nSPS) is 11.5. The average molecular weight is 378 g/mol. The number of nitrogens with zero attached hydrogens (tertiary/aromatic N) is 3. The van der Waals surface area contributed by atoms with Crippen LogP contribution in [0.1, 0.15) is 24.1 Å². The minimum absolute atomic E-state index is 0.0952. The third-order valence-electron chi connectivity index (χ3n) is 4.16. The van der Waals surface area contributed by atoms with E-state index in [2.05, 4.69) is 26.0 Å². The van der Waals surface area contributed by atoms with Gasteiger partial charge < -0.3 is 16.0 Å². The Bertz CT molecular complexity index is 894. The first kappa shape index (κ1) is 19.1. The summed E-state index contributed by atoms with van der Waals surface area (Å²) < 4.78 is 1.66. The number of aromatic nitrogens is 3. The Balaban J connectivity index is 1.42. The number of amides is 3. The summed E-state index contributed by atoms with van der Waals surface area (Å²) in [5.74, 6) is -0.261. The van der Waals surface area contributed by atoms with Crippen molar-refractivity contribution in [2.45, 2.75) is 19.5 Å². The van der Waals surface area contributed by atoms with E-state index < -0.39 is 0 Å². The highest BCUT2D eigenvalue weighted by atomic mass is 16.2. The van der Waals surface area contributed by atoms with Crippen molar-refractivity contribution in [2.75, 3.05) is 6.54 Å². The van der Waals surface area contributed by atoms with Crippen LogP contribution >= 0.6 is 0 Å². The quantitative estimate of drug-likeness (QED) is 0.585. The molecule has 0 spiro atoms. The molecule has 8 heteroatoms. The van der Waals surface area contributed by atoms with Crippen molar-refractivity contribution in [2.24, 2.45) is 0 Å². The fraction of sp³-hybridized carbons (Fsp3) is 0.200. The third kappa shape index (κ3) is 5.41. The summed E-state index contributed by atoms with van der Waals surface area (Å²) >= 11 is 0. The van der Waals surface area contributed by atoms with Crippen LogP contribution in [-0.2, 0) is 11.3 Å². The number of hydrogen-bond acceptors (Lipinski definition) is 4. The van der Waals surface area contributed by atoms with Crippen molar-refractivity contribution in [1.29, 1.82) is 0 Å². The Labute approximate surface area is 163 Å². The zero-order valence-electron chi connectivity index (χ0n) is 15.5. The molecular formula is C20H22N6O2. The SMILES string of the molecule is CC(NC(=O)CNC(=O)NCc1ccccc1)c1ccc(-n2cncn2)cc1. The van der Waals surface area contributed by atoms with Gasteiger partial charge in [0.1, 0.15) is 12.7 Å². The lowest BCUT2D eigenvalue weighted by molar-refractivity contribution is -0.120. The van der Waals surface area contributed by atoms with Crippen LogP contribution in [0.5, 0.6) is 0 Å². The summed E-state index contributed by atoms with van der Waals surface area (Å²) in [7, 11) is 0. The predicted molar refractivity (Wildman–Crippen MR) is 105 cm³/mol. The van der Waals surface area contributed by atoms with Gasteiger partial charge in [-0.05, 0) is 30.2 Å². The van der Waals surface area contributed by atoms with Crippen LogP contribution in [0.4, 0.5) is 4.79 Å². The highest BCUT2D eigenvalue weighted by Crippen LogP contribution is 2.14. The number of carbonyl (C=O) groups excluding carboxylic acids is 2. The van der Waals surface area contributed by atoms with E-state index in [1.807, 2.05) is 61.5 Å². The Morgan fingerprint density at radius 2 is 1.79 bits per heavy atom. The lowest BCUT2D eigenvalue weighted by Crippen LogP contribution is -2.42. The molecule has 8 nitrogen and oxygen atoms in total. The number of hydrogen-bond donors (Lipinski definition) is 3. The molecule has 3 rings (SSSR count). The van der Waals surface area contributed by atoms with Crippen molar-refractivity contribution in [3.8, 4) is 5.69 Å². The molecular weight excluding hydrogens is 356 g/mol. The number of nitrogens with one attached hydrogen (secondary N) is 3. The lowest BCUT2D eigenvalue weighted by Gasteiger charge is -2.15. The number of benzene rings is 2. The molecule has 28 heavy (non-hydrogen) atoms. The molecule has 3 N–H and O–H groups in total. The predicted octanol–water partition coefficient (Wildman–Crippen LogP) is 1.94. The van der Waals surface area contributed by atoms with Gasteiger partial charge in [0.2, 0.25) is 5.91 Å². The standard InChI is InChI=1S/C20H22N6O2/c1-15(17-7-9-18(10-8-17)26-14-21-13-24-26)25-19(27)12-23-20(28)22-11-16-5-3-2-4-6-16/h2-10,13-15H,11-12H2,1H3,(H,25,27)(H2,22,23,28). The van der Waals surface area contributed by atoms with Gasteiger partial charge in [0, 0.05) is 6.54 Å². The molecule has 1 unspecified atom stereocenters. The second kappa shape index (κ2) is 9.31. The van der Waals surface area contributed by atoms with Crippen molar-refractivity contribution >= 4 is 11.9 Å². The maximum absolute atomic E-state index is 12.1. The van der Waals surface area contributed by atoms with E-state index in [1.165, 1.54) is 6.33 Å². The Kier molecular flexibility index (Phi) is 6.35. The van der Waals surface area contributed by atoms with Crippen LogP contribution in [0.15, 0.2) is 67.3 Å². The van der Waals surface area contributed by atoms with E-state index in [1.54, 1.807) is 11.0 Å². The zero-order chi connectivity index (χ0) is 19.8. The van der Waals surface area contributed by atoms with Crippen LogP contribution in [0.2, 0.25) is 0 Å². The average Bonchev–Trinajstić information content (AvgIpc) is 3.26. The Hall–Kier alpha value is -3.68. The van der Waals surface area contributed by atoms with Gasteiger partial charge in [-0.3, -0.25) is 4.79 Å². The molecule has 3 amide bonds.